The highest BCUT2D eigenvalue weighted by Crippen LogP contribution is 2.30. The van der Waals surface area contributed by atoms with Gasteiger partial charge in [0.15, 0.2) is 0 Å². The first-order valence-corrected chi connectivity index (χ1v) is 5.91. The van der Waals surface area contributed by atoms with Crippen LogP contribution in [-0.4, -0.2) is 35.2 Å². The molecule has 0 aromatic heterocycles. The zero-order valence-electron chi connectivity index (χ0n) is 10.7. The van der Waals surface area contributed by atoms with Crippen molar-refractivity contribution in [3.05, 3.63) is 0 Å². The third kappa shape index (κ3) is 3.43. The molecular weight excluding hydrogens is 222 g/mol. The second kappa shape index (κ2) is 5.04. The van der Waals surface area contributed by atoms with Crippen LogP contribution in [0.15, 0.2) is 0 Å². The number of amides is 1. The van der Waals surface area contributed by atoms with Gasteiger partial charge >= 0.3 is 5.97 Å². The zero-order chi connectivity index (χ0) is 13.1. The lowest BCUT2D eigenvalue weighted by Gasteiger charge is -2.28. The molecule has 0 radical (unpaired) electrons. The number of methoxy groups -OCH3 is 1. The maximum Gasteiger partial charge on any atom is 0.329 e. The molecule has 0 aromatic rings. The normalized spacial score (nSPS) is 19.0. The highest BCUT2D eigenvalue weighted by atomic mass is 16.5. The van der Waals surface area contributed by atoms with Crippen LogP contribution in [0.3, 0.4) is 0 Å². The van der Waals surface area contributed by atoms with Gasteiger partial charge in [-0.15, -0.1) is 0 Å². The highest BCUT2D eigenvalue weighted by Gasteiger charge is 2.43. The van der Waals surface area contributed by atoms with Crippen LogP contribution in [0.4, 0.5) is 0 Å². The van der Waals surface area contributed by atoms with E-state index in [0.717, 1.165) is 12.8 Å². The number of ether oxygens (including phenoxy) is 1. The molecule has 1 rings (SSSR count). The molecule has 0 aromatic carbocycles. The van der Waals surface area contributed by atoms with Gasteiger partial charge in [0.2, 0.25) is 5.91 Å². The summed E-state index contributed by atoms with van der Waals surface area (Å²) in [6, 6.07) is 0. The second-order valence-corrected chi connectivity index (χ2v) is 5.28. The van der Waals surface area contributed by atoms with E-state index in [0.29, 0.717) is 12.8 Å². The zero-order valence-corrected chi connectivity index (χ0v) is 10.7. The third-order valence-electron chi connectivity index (χ3n) is 3.38. The van der Waals surface area contributed by atoms with Gasteiger partial charge in [0.1, 0.15) is 5.54 Å². The summed E-state index contributed by atoms with van der Waals surface area (Å²) in [4.78, 5) is 23.1. The Hall–Kier alpha value is -1.10. The topological polar surface area (TPSA) is 75.6 Å². The summed E-state index contributed by atoms with van der Waals surface area (Å²) in [7, 11) is 1.54. The van der Waals surface area contributed by atoms with Crippen molar-refractivity contribution < 1.29 is 19.4 Å². The molecule has 0 bridgehead atoms. The van der Waals surface area contributed by atoms with Gasteiger partial charge in [0, 0.05) is 7.11 Å². The molecule has 0 spiro atoms. The Labute approximate surface area is 102 Å². The summed E-state index contributed by atoms with van der Waals surface area (Å²) in [6.45, 7) is 3.60. The molecule has 5 nitrogen and oxygen atoms in total. The van der Waals surface area contributed by atoms with E-state index < -0.39 is 17.1 Å². The van der Waals surface area contributed by atoms with Crippen molar-refractivity contribution in [1.82, 2.24) is 5.32 Å². The Balaban J connectivity index is 2.63. The minimum atomic E-state index is -1.05. The predicted octanol–water partition coefficient (Wildman–Crippen LogP) is 1.32. The fourth-order valence-corrected chi connectivity index (χ4v) is 2.14. The molecule has 98 valence electrons. The number of carboxylic acids is 1. The van der Waals surface area contributed by atoms with Crippen LogP contribution >= 0.6 is 0 Å². The molecule has 1 saturated carbocycles. The summed E-state index contributed by atoms with van der Waals surface area (Å²) >= 11 is 0. The van der Waals surface area contributed by atoms with E-state index in [1.807, 2.05) is 0 Å². The van der Waals surface area contributed by atoms with Crippen LogP contribution in [0.25, 0.3) is 0 Å². The summed E-state index contributed by atoms with van der Waals surface area (Å²) in [5.74, 6) is -1.19. The van der Waals surface area contributed by atoms with Gasteiger partial charge in [-0.05, 0) is 26.7 Å². The van der Waals surface area contributed by atoms with Gasteiger partial charge in [-0.2, -0.15) is 0 Å². The van der Waals surface area contributed by atoms with Crippen molar-refractivity contribution in [3.63, 3.8) is 0 Å². The molecule has 0 aliphatic heterocycles. The molecular formula is C12H21NO4. The lowest BCUT2D eigenvalue weighted by molar-refractivity contribution is -0.148. The third-order valence-corrected chi connectivity index (χ3v) is 3.38. The number of rotatable bonds is 5. The van der Waals surface area contributed by atoms with Crippen LogP contribution in [0.5, 0.6) is 0 Å². The Morgan fingerprint density at radius 1 is 1.35 bits per heavy atom. The first-order valence-electron chi connectivity index (χ1n) is 5.91. The first-order chi connectivity index (χ1) is 7.81. The number of hydrogen-bond donors (Lipinski definition) is 2. The van der Waals surface area contributed by atoms with Gasteiger partial charge in [0.25, 0.3) is 0 Å². The number of carbonyl (C=O) groups is 2. The Kier molecular flexibility index (Phi) is 4.14. The molecule has 2 N–H and O–H groups in total. The summed E-state index contributed by atoms with van der Waals surface area (Å²) in [5.41, 5.74) is -1.62. The lowest BCUT2D eigenvalue weighted by atomic mass is 9.96. The molecule has 0 unspecified atom stereocenters. The van der Waals surface area contributed by atoms with Crippen molar-refractivity contribution >= 4 is 11.9 Å². The molecule has 5 heteroatoms. The minimum Gasteiger partial charge on any atom is -0.480 e. The lowest BCUT2D eigenvalue weighted by Crippen LogP contribution is -2.53. The molecule has 1 aliphatic rings. The monoisotopic (exact) mass is 243 g/mol. The van der Waals surface area contributed by atoms with Gasteiger partial charge in [-0.1, -0.05) is 12.8 Å². The maximum atomic E-state index is 11.8. The average molecular weight is 243 g/mol. The molecule has 0 atom stereocenters. The SMILES string of the molecule is COC(C)(C)CC(=O)NC1(C(=O)O)CCCC1. The number of carboxylic acid groups (broad SMARTS) is 1. The molecule has 17 heavy (non-hydrogen) atoms. The van der Waals surface area contributed by atoms with E-state index in [1.54, 1.807) is 13.8 Å². The smallest absolute Gasteiger partial charge is 0.329 e. The van der Waals surface area contributed by atoms with Crippen LogP contribution < -0.4 is 5.32 Å². The number of nitrogens with one attached hydrogen (secondary N) is 1. The Morgan fingerprint density at radius 3 is 2.29 bits per heavy atom. The van der Waals surface area contributed by atoms with Crippen molar-refractivity contribution in [2.75, 3.05) is 7.11 Å². The quantitative estimate of drug-likeness (QED) is 0.763. The number of hydrogen-bond acceptors (Lipinski definition) is 3. The first kappa shape index (κ1) is 14.0. The standard InChI is InChI=1S/C12H21NO4/c1-11(2,17-3)8-9(14)13-12(10(15)16)6-4-5-7-12/h4-8H2,1-3H3,(H,13,14)(H,15,16). The van der Waals surface area contributed by atoms with Crippen molar-refractivity contribution in [3.8, 4) is 0 Å². The minimum absolute atomic E-state index is 0.165. The summed E-state index contributed by atoms with van der Waals surface area (Å²) < 4.78 is 5.16. The van der Waals surface area contributed by atoms with E-state index in [4.69, 9.17) is 4.74 Å². The van der Waals surface area contributed by atoms with Gasteiger partial charge in [-0.3, -0.25) is 4.79 Å². The van der Waals surface area contributed by atoms with Crippen molar-refractivity contribution in [2.45, 2.75) is 57.1 Å². The van der Waals surface area contributed by atoms with Gasteiger partial charge < -0.3 is 15.2 Å². The molecule has 1 fully saturated rings. The number of aliphatic carboxylic acids is 1. The molecule has 1 amide bonds. The van der Waals surface area contributed by atoms with Crippen molar-refractivity contribution in [2.24, 2.45) is 0 Å². The van der Waals surface area contributed by atoms with Crippen LogP contribution in [0.1, 0.15) is 46.0 Å². The molecule has 0 saturated heterocycles. The summed E-state index contributed by atoms with van der Waals surface area (Å²) in [5, 5.41) is 11.9. The van der Waals surface area contributed by atoms with E-state index in [-0.39, 0.29) is 12.3 Å². The van der Waals surface area contributed by atoms with Crippen LogP contribution in [0.2, 0.25) is 0 Å². The fraction of sp³-hybridized carbons (Fsp3) is 0.833. The van der Waals surface area contributed by atoms with E-state index in [1.165, 1.54) is 7.11 Å². The van der Waals surface area contributed by atoms with Crippen molar-refractivity contribution in [1.29, 1.82) is 0 Å². The largest absolute Gasteiger partial charge is 0.480 e. The molecule has 1 aliphatic carbocycles. The van der Waals surface area contributed by atoms with E-state index in [9.17, 15) is 14.7 Å². The highest BCUT2D eigenvalue weighted by molar-refractivity contribution is 5.87. The molecule has 0 heterocycles. The Bertz CT molecular complexity index is 306. The average Bonchev–Trinajstić information content (AvgIpc) is 2.66. The van der Waals surface area contributed by atoms with Crippen LogP contribution in [-0.2, 0) is 14.3 Å². The van der Waals surface area contributed by atoms with Crippen LogP contribution in [0, 0.1) is 0 Å². The summed E-state index contributed by atoms with van der Waals surface area (Å²) in [6.07, 6.45) is 2.89. The fourth-order valence-electron chi connectivity index (χ4n) is 2.14. The van der Waals surface area contributed by atoms with E-state index in [2.05, 4.69) is 5.32 Å². The van der Waals surface area contributed by atoms with E-state index >= 15 is 0 Å². The van der Waals surface area contributed by atoms with Gasteiger partial charge in [0.05, 0.1) is 12.0 Å². The number of carbonyl (C=O) groups excluding carboxylic acids is 1. The maximum absolute atomic E-state index is 11.8. The predicted molar refractivity (Wildman–Crippen MR) is 62.7 cm³/mol. The van der Waals surface area contributed by atoms with Gasteiger partial charge in [-0.25, -0.2) is 4.79 Å². The second-order valence-electron chi connectivity index (χ2n) is 5.28. The Morgan fingerprint density at radius 2 is 1.88 bits per heavy atom.